The molecule has 0 aliphatic heterocycles. The molecule has 128 valence electrons. The van der Waals surface area contributed by atoms with E-state index in [4.69, 9.17) is 4.74 Å². The predicted molar refractivity (Wildman–Crippen MR) is 94.9 cm³/mol. The molecule has 0 saturated carbocycles. The first-order valence-corrected chi connectivity index (χ1v) is 7.75. The molecule has 26 heavy (non-hydrogen) atoms. The number of amides is 1. The Bertz CT molecular complexity index is 1150. The molecule has 2 heterocycles. The van der Waals surface area contributed by atoms with E-state index < -0.39 is 11.9 Å². The number of nitrogens with zero attached hydrogens (tertiary/aromatic N) is 3. The van der Waals surface area contributed by atoms with Crippen molar-refractivity contribution in [1.29, 1.82) is 0 Å². The standard InChI is InChI=1S/C18H13N5O3/c1-26-18(25)16-11-8-10(6-7-12(11)22-23-16)20-17(24)15-9-19-13-4-2-3-5-14(13)21-15/h2-9H,1H3,(H,20,24)(H,22,23). The highest BCUT2D eigenvalue weighted by Gasteiger charge is 2.16. The monoisotopic (exact) mass is 347 g/mol. The smallest absolute Gasteiger partial charge is 0.359 e. The van der Waals surface area contributed by atoms with Crippen LogP contribution in [0.5, 0.6) is 0 Å². The van der Waals surface area contributed by atoms with Crippen molar-refractivity contribution in [3.8, 4) is 0 Å². The lowest BCUT2D eigenvalue weighted by molar-refractivity contribution is 0.0596. The zero-order valence-electron chi connectivity index (χ0n) is 13.7. The van der Waals surface area contributed by atoms with Crippen LogP contribution in [0.1, 0.15) is 21.0 Å². The van der Waals surface area contributed by atoms with E-state index in [9.17, 15) is 9.59 Å². The number of H-pyrrole nitrogens is 1. The van der Waals surface area contributed by atoms with Crippen molar-refractivity contribution in [2.45, 2.75) is 0 Å². The van der Waals surface area contributed by atoms with Crippen molar-refractivity contribution in [1.82, 2.24) is 20.2 Å². The molecule has 0 spiro atoms. The number of para-hydroxylation sites is 2. The van der Waals surface area contributed by atoms with Gasteiger partial charge in [0.25, 0.3) is 5.91 Å². The van der Waals surface area contributed by atoms with E-state index in [0.717, 1.165) is 0 Å². The van der Waals surface area contributed by atoms with Gasteiger partial charge in [-0.25, -0.2) is 9.78 Å². The predicted octanol–water partition coefficient (Wildman–Crippen LogP) is 2.55. The second-order valence-electron chi connectivity index (χ2n) is 5.52. The number of anilines is 1. The number of hydrogen-bond donors (Lipinski definition) is 2. The average Bonchev–Trinajstić information content (AvgIpc) is 3.10. The summed E-state index contributed by atoms with van der Waals surface area (Å²) in [5, 5.41) is 10.0. The highest BCUT2D eigenvalue weighted by atomic mass is 16.5. The summed E-state index contributed by atoms with van der Waals surface area (Å²) in [4.78, 5) is 32.8. The lowest BCUT2D eigenvalue weighted by atomic mass is 10.2. The summed E-state index contributed by atoms with van der Waals surface area (Å²) in [6.07, 6.45) is 1.42. The first-order valence-electron chi connectivity index (χ1n) is 7.75. The number of fused-ring (bicyclic) bond motifs is 2. The minimum Gasteiger partial charge on any atom is -0.464 e. The van der Waals surface area contributed by atoms with Crippen molar-refractivity contribution in [2.24, 2.45) is 0 Å². The van der Waals surface area contributed by atoms with Gasteiger partial charge in [-0.15, -0.1) is 0 Å². The molecule has 0 radical (unpaired) electrons. The fourth-order valence-corrected chi connectivity index (χ4v) is 2.61. The number of aromatic nitrogens is 4. The number of nitrogens with one attached hydrogen (secondary N) is 2. The number of esters is 1. The van der Waals surface area contributed by atoms with Crippen molar-refractivity contribution < 1.29 is 14.3 Å². The van der Waals surface area contributed by atoms with Gasteiger partial charge in [0, 0.05) is 11.1 Å². The van der Waals surface area contributed by atoms with E-state index in [1.54, 1.807) is 24.3 Å². The van der Waals surface area contributed by atoms with Crippen LogP contribution in [0.15, 0.2) is 48.7 Å². The van der Waals surface area contributed by atoms with Crippen LogP contribution < -0.4 is 5.32 Å². The highest BCUT2D eigenvalue weighted by Crippen LogP contribution is 2.21. The Labute approximate surface area is 147 Å². The Morgan fingerprint density at radius 3 is 2.73 bits per heavy atom. The molecule has 8 heteroatoms. The summed E-state index contributed by atoms with van der Waals surface area (Å²) in [5.74, 6) is -0.953. The molecule has 0 unspecified atom stereocenters. The molecular formula is C18H13N5O3. The second kappa shape index (κ2) is 6.25. The van der Waals surface area contributed by atoms with Gasteiger partial charge < -0.3 is 10.1 Å². The van der Waals surface area contributed by atoms with E-state index in [2.05, 4.69) is 25.5 Å². The van der Waals surface area contributed by atoms with Gasteiger partial charge in [0.15, 0.2) is 5.69 Å². The maximum Gasteiger partial charge on any atom is 0.359 e. The van der Waals surface area contributed by atoms with Crippen LogP contribution in [0.2, 0.25) is 0 Å². The number of benzene rings is 2. The quantitative estimate of drug-likeness (QED) is 0.551. The van der Waals surface area contributed by atoms with Gasteiger partial charge >= 0.3 is 5.97 Å². The Kier molecular flexibility index (Phi) is 3.77. The van der Waals surface area contributed by atoms with Crippen molar-refractivity contribution in [3.63, 3.8) is 0 Å². The fourth-order valence-electron chi connectivity index (χ4n) is 2.61. The van der Waals surface area contributed by atoms with Crippen molar-refractivity contribution in [2.75, 3.05) is 12.4 Å². The summed E-state index contributed by atoms with van der Waals surface area (Å²) < 4.78 is 4.71. The SMILES string of the molecule is COC(=O)c1n[nH]c2ccc(NC(=O)c3cnc4ccccc4n3)cc12. The number of aromatic amines is 1. The van der Waals surface area contributed by atoms with Crippen LogP contribution in [0.25, 0.3) is 21.9 Å². The number of ether oxygens (including phenoxy) is 1. The molecule has 2 N–H and O–H groups in total. The van der Waals surface area contributed by atoms with Crippen molar-refractivity contribution in [3.05, 3.63) is 60.0 Å². The maximum atomic E-state index is 12.5. The van der Waals surface area contributed by atoms with Gasteiger partial charge in [-0.2, -0.15) is 5.10 Å². The Hall–Kier alpha value is -3.81. The number of hydrogen-bond acceptors (Lipinski definition) is 6. The minimum atomic E-state index is -0.555. The largest absolute Gasteiger partial charge is 0.464 e. The Morgan fingerprint density at radius 1 is 1.12 bits per heavy atom. The van der Waals surface area contributed by atoms with Gasteiger partial charge in [-0.3, -0.25) is 14.9 Å². The molecule has 2 aromatic carbocycles. The molecule has 0 aliphatic carbocycles. The van der Waals surface area contributed by atoms with Gasteiger partial charge in [0.05, 0.1) is 29.9 Å². The second-order valence-corrected chi connectivity index (χ2v) is 5.52. The van der Waals surface area contributed by atoms with Crippen LogP contribution in [-0.4, -0.2) is 39.2 Å². The number of carbonyl (C=O) groups excluding carboxylic acids is 2. The minimum absolute atomic E-state index is 0.157. The lowest BCUT2D eigenvalue weighted by Gasteiger charge is -2.06. The van der Waals surface area contributed by atoms with E-state index >= 15 is 0 Å². The molecule has 4 rings (SSSR count). The molecule has 0 bridgehead atoms. The third-order valence-electron chi connectivity index (χ3n) is 3.88. The fraction of sp³-hybridized carbons (Fsp3) is 0.0556. The normalized spacial score (nSPS) is 10.8. The molecule has 8 nitrogen and oxygen atoms in total. The molecule has 4 aromatic rings. The van der Waals surface area contributed by atoms with Crippen LogP contribution in [0.4, 0.5) is 5.69 Å². The van der Waals surface area contributed by atoms with E-state index in [1.165, 1.54) is 13.3 Å². The van der Waals surface area contributed by atoms with E-state index in [0.29, 0.717) is 27.6 Å². The van der Waals surface area contributed by atoms with Crippen LogP contribution >= 0.6 is 0 Å². The van der Waals surface area contributed by atoms with Gasteiger partial charge in [-0.1, -0.05) is 12.1 Å². The van der Waals surface area contributed by atoms with E-state index in [-0.39, 0.29) is 11.4 Å². The summed E-state index contributed by atoms with van der Waals surface area (Å²) in [5.41, 5.74) is 2.87. The van der Waals surface area contributed by atoms with Gasteiger partial charge in [-0.05, 0) is 30.3 Å². The topological polar surface area (TPSA) is 110 Å². The molecule has 0 fully saturated rings. The van der Waals surface area contributed by atoms with Gasteiger partial charge in [0.1, 0.15) is 5.69 Å². The highest BCUT2D eigenvalue weighted by molar-refractivity contribution is 6.06. The van der Waals surface area contributed by atoms with Gasteiger partial charge in [0.2, 0.25) is 0 Å². The zero-order valence-corrected chi connectivity index (χ0v) is 13.7. The number of carbonyl (C=O) groups is 2. The molecule has 0 aliphatic rings. The molecule has 0 atom stereocenters. The first-order chi connectivity index (χ1) is 12.7. The van der Waals surface area contributed by atoms with Crippen LogP contribution in [0.3, 0.4) is 0 Å². The number of rotatable bonds is 3. The summed E-state index contributed by atoms with van der Waals surface area (Å²) in [7, 11) is 1.28. The first kappa shape index (κ1) is 15.7. The van der Waals surface area contributed by atoms with E-state index in [1.807, 2.05) is 18.2 Å². The molecule has 1 amide bonds. The third-order valence-corrected chi connectivity index (χ3v) is 3.88. The Balaban J connectivity index is 1.65. The lowest BCUT2D eigenvalue weighted by Crippen LogP contribution is -2.14. The average molecular weight is 347 g/mol. The third kappa shape index (κ3) is 2.73. The molecule has 2 aromatic heterocycles. The molecule has 0 saturated heterocycles. The summed E-state index contributed by atoms with van der Waals surface area (Å²) in [6, 6.07) is 12.4. The molecular weight excluding hydrogens is 334 g/mol. The van der Waals surface area contributed by atoms with Crippen LogP contribution in [-0.2, 0) is 4.74 Å². The van der Waals surface area contributed by atoms with Crippen LogP contribution in [0, 0.1) is 0 Å². The maximum absolute atomic E-state index is 12.5. The number of methoxy groups -OCH3 is 1. The van der Waals surface area contributed by atoms with Crippen molar-refractivity contribution >= 4 is 39.5 Å². The zero-order chi connectivity index (χ0) is 18.1. The Morgan fingerprint density at radius 2 is 1.92 bits per heavy atom. The summed E-state index contributed by atoms with van der Waals surface area (Å²) in [6.45, 7) is 0. The summed E-state index contributed by atoms with van der Waals surface area (Å²) >= 11 is 0.